The summed E-state index contributed by atoms with van der Waals surface area (Å²) in [7, 11) is 1.69. The average molecular weight is 422 g/mol. The second-order valence-electron chi connectivity index (χ2n) is 6.91. The van der Waals surface area contributed by atoms with Gasteiger partial charge in [0.05, 0.1) is 6.04 Å². The molecule has 2 heterocycles. The maximum Gasteiger partial charge on any atom is 0.279 e. The van der Waals surface area contributed by atoms with Gasteiger partial charge in [-0.25, -0.2) is 4.98 Å². The number of fused-ring (bicyclic) bond motifs is 1. The molecule has 1 aliphatic heterocycles. The molecule has 9 heteroatoms. The fourth-order valence-electron chi connectivity index (χ4n) is 3.47. The molecule has 4 rings (SSSR count). The van der Waals surface area contributed by atoms with Crippen molar-refractivity contribution < 1.29 is 4.90 Å². The highest BCUT2D eigenvalue weighted by Crippen LogP contribution is 2.35. The smallest absolute Gasteiger partial charge is 0.279 e. The molecule has 30 heavy (non-hydrogen) atoms. The van der Waals surface area contributed by atoms with Gasteiger partial charge in [0.2, 0.25) is 5.71 Å². The number of thioether (sulfide) groups is 1. The van der Waals surface area contributed by atoms with Crippen molar-refractivity contribution in [1.29, 1.82) is 0 Å². The molecule has 1 aliphatic carbocycles. The van der Waals surface area contributed by atoms with Crippen LogP contribution in [0.3, 0.4) is 0 Å². The van der Waals surface area contributed by atoms with Crippen LogP contribution in [0.4, 0.5) is 11.5 Å². The van der Waals surface area contributed by atoms with Crippen LogP contribution in [-0.2, 0) is 7.05 Å². The van der Waals surface area contributed by atoms with E-state index in [4.69, 9.17) is 0 Å². The van der Waals surface area contributed by atoms with Crippen molar-refractivity contribution in [2.75, 3.05) is 16.9 Å². The van der Waals surface area contributed by atoms with E-state index in [1.54, 1.807) is 19.2 Å². The fourth-order valence-corrected chi connectivity index (χ4v) is 4.00. The van der Waals surface area contributed by atoms with Crippen LogP contribution in [0.2, 0.25) is 0 Å². The van der Waals surface area contributed by atoms with Gasteiger partial charge >= 0.3 is 0 Å². The third-order valence-electron chi connectivity index (χ3n) is 5.06. The largest absolute Gasteiger partial charge is 0.612 e. The Hall–Kier alpha value is -3.46. The number of hydrogen-bond donors (Lipinski definition) is 2. The van der Waals surface area contributed by atoms with Gasteiger partial charge < -0.3 is 21.0 Å². The van der Waals surface area contributed by atoms with Crippen molar-refractivity contribution in [1.82, 2.24) is 9.55 Å². The Morgan fingerprint density at radius 1 is 1.17 bits per heavy atom. The third kappa shape index (κ3) is 3.71. The molecule has 0 saturated carbocycles. The molecular weight excluding hydrogens is 402 g/mol. The van der Waals surface area contributed by atoms with Crippen LogP contribution in [0.1, 0.15) is 18.0 Å². The van der Waals surface area contributed by atoms with Gasteiger partial charge in [-0.2, -0.15) is 4.90 Å². The number of nitrogens with zero attached hydrogens (tertiary/aromatic N) is 3. The lowest BCUT2D eigenvalue weighted by atomic mass is 9.98. The highest BCUT2D eigenvalue weighted by molar-refractivity contribution is 7.98. The van der Waals surface area contributed by atoms with E-state index in [0.717, 1.165) is 16.8 Å². The molecule has 2 aromatic rings. The van der Waals surface area contributed by atoms with Crippen LogP contribution in [-0.4, -0.2) is 26.4 Å². The molecule has 1 aromatic carbocycles. The van der Waals surface area contributed by atoms with Gasteiger partial charge in [0, 0.05) is 31.3 Å². The van der Waals surface area contributed by atoms with Crippen LogP contribution in [0, 0.1) is 10.4 Å². The Morgan fingerprint density at radius 3 is 2.50 bits per heavy atom. The summed E-state index contributed by atoms with van der Waals surface area (Å²) < 4.78 is 1.51. The maximum atomic E-state index is 13.0. The first-order valence-electron chi connectivity index (χ1n) is 9.32. The summed E-state index contributed by atoms with van der Waals surface area (Å²) in [4.78, 5) is 17.2. The zero-order valence-electron chi connectivity index (χ0n) is 16.5. The molecule has 1 aromatic heterocycles. The number of nitrogens with one attached hydrogen (secondary N) is 2. The summed E-state index contributed by atoms with van der Waals surface area (Å²) in [6.45, 7) is 0. The Kier molecular flexibility index (Phi) is 5.37. The predicted octanol–water partition coefficient (Wildman–Crippen LogP) is 3.30. The molecule has 0 saturated heterocycles. The second-order valence-corrected chi connectivity index (χ2v) is 7.68. The topological polar surface area (TPSA) is 108 Å². The number of benzene rings is 1. The van der Waals surface area contributed by atoms with Crippen molar-refractivity contribution in [3.05, 3.63) is 92.2 Å². The van der Waals surface area contributed by atoms with E-state index in [1.165, 1.54) is 28.5 Å². The van der Waals surface area contributed by atoms with E-state index >= 15 is 0 Å². The van der Waals surface area contributed by atoms with Crippen LogP contribution in [0.15, 0.2) is 75.9 Å². The van der Waals surface area contributed by atoms with E-state index < -0.39 is 4.90 Å². The lowest BCUT2D eigenvalue weighted by molar-refractivity contribution is -0.377. The average Bonchev–Trinajstić information content (AvgIpc) is 2.97. The van der Waals surface area contributed by atoms with Gasteiger partial charge in [-0.1, -0.05) is 42.1 Å². The predicted molar refractivity (Wildman–Crippen MR) is 120 cm³/mol. The quantitative estimate of drug-likeness (QED) is 0.331. The van der Waals surface area contributed by atoms with Gasteiger partial charge in [0.1, 0.15) is 5.69 Å². The molecule has 1 unspecified atom stereocenters. The van der Waals surface area contributed by atoms with Crippen molar-refractivity contribution in [3.8, 4) is 0 Å². The Bertz CT molecular complexity index is 1140. The molecule has 1 atom stereocenters. The highest BCUT2D eigenvalue weighted by atomic mass is 32.2. The first kappa shape index (κ1) is 19.8. The van der Waals surface area contributed by atoms with Gasteiger partial charge in [0.15, 0.2) is 11.0 Å². The zero-order valence-corrected chi connectivity index (χ0v) is 17.3. The Morgan fingerprint density at radius 2 is 1.87 bits per heavy atom. The molecule has 0 fully saturated rings. The van der Waals surface area contributed by atoms with Crippen LogP contribution in [0.25, 0.3) is 0 Å². The first-order chi connectivity index (χ1) is 14.5. The molecule has 2 N–H and O–H groups in total. The van der Waals surface area contributed by atoms with E-state index in [1.807, 2.05) is 36.6 Å². The summed E-state index contributed by atoms with van der Waals surface area (Å²) in [6, 6.07) is 9.80. The summed E-state index contributed by atoms with van der Waals surface area (Å²) >= 11 is 1.40. The van der Waals surface area contributed by atoms with Crippen molar-refractivity contribution >= 4 is 29.0 Å². The van der Waals surface area contributed by atoms with Gasteiger partial charge in [-0.3, -0.25) is 9.36 Å². The normalized spacial score (nSPS) is 17.8. The number of hydrogen-bond acceptors (Lipinski definition) is 7. The molecule has 0 amide bonds. The van der Waals surface area contributed by atoms with Gasteiger partial charge in [-0.05, 0) is 29.5 Å². The first-order valence-corrected chi connectivity index (χ1v) is 10.5. The minimum atomic E-state index is -0.428. The van der Waals surface area contributed by atoms with Crippen molar-refractivity contribution in [2.45, 2.75) is 17.6 Å². The lowest BCUT2D eigenvalue weighted by Gasteiger charge is -2.19. The summed E-state index contributed by atoms with van der Waals surface area (Å²) in [5.41, 5.74) is 2.83. The minimum absolute atomic E-state index is 0.0216. The lowest BCUT2D eigenvalue weighted by Crippen LogP contribution is -2.24. The van der Waals surface area contributed by atoms with Crippen molar-refractivity contribution in [2.24, 2.45) is 7.05 Å². The molecule has 154 valence electrons. The van der Waals surface area contributed by atoms with Crippen LogP contribution >= 0.6 is 11.8 Å². The van der Waals surface area contributed by atoms with Gasteiger partial charge in [-0.15, -0.1) is 0 Å². The molecule has 8 nitrogen and oxygen atoms in total. The minimum Gasteiger partial charge on any atom is -0.612 e. The van der Waals surface area contributed by atoms with Crippen molar-refractivity contribution in [3.63, 3.8) is 0 Å². The highest BCUT2D eigenvalue weighted by Gasteiger charge is 2.26. The monoisotopic (exact) mass is 422 g/mol. The summed E-state index contributed by atoms with van der Waals surface area (Å²) in [5, 5.41) is 29.3. The Labute approximate surface area is 177 Å². The van der Waals surface area contributed by atoms with E-state index in [2.05, 4.69) is 15.6 Å². The molecular formula is C21H20N5O3S-. The van der Waals surface area contributed by atoms with Gasteiger partial charge in [0.25, 0.3) is 5.56 Å². The summed E-state index contributed by atoms with van der Waals surface area (Å²) in [5.74, 6) is 0.494. The van der Waals surface area contributed by atoms with E-state index in [0.29, 0.717) is 23.1 Å². The molecule has 0 radical (unpaired) electrons. The fraction of sp³-hybridized carbons (Fsp3) is 0.190. The SMILES string of the molecule is CSc1nc2c(c(=O)n1C)NC(=C1C=CC(=[N+]([O-])[O-])C=C1)CC(c1ccccc1)N2. The number of anilines is 2. The number of allylic oxidation sites excluding steroid dienone is 5. The maximum absolute atomic E-state index is 13.0. The Balaban J connectivity index is 1.86. The number of aromatic nitrogens is 2. The second kappa shape index (κ2) is 8.11. The van der Waals surface area contributed by atoms with E-state index in [-0.39, 0.29) is 17.3 Å². The molecule has 0 bridgehead atoms. The third-order valence-corrected chi connectivity index (χ3v) is 5.79. The standard InChI is InChI=1S/C21H20N5O3S/c1-25-20(27)18-19(24-21(25)30-2)23-17(13-6-4-3-5-7-13)12-16(22-18)14-8-10-15(11-9-14)26(28)29/h3-11,17,22H,12H2,1-2H3,(H-,23,27,28,29)/q-1. The van der Waals surface area contributed by atoms with Crippen LogP contribution in [0.5, 0.6) is 0 Å². The summed E-state index contributed by atoms with van der Waals surface area (Å²) in [6.07, 6.45) is 8.75. The molecule has 2 aliphatic rings. The van der Waals surface area contributed by atoms with E-state index in [9.17, 15) is 15.2 Å². The zero-order chi connectivity index (χ0) is 21.3. The molecule has 0 spiro atoms. The number of rotatable bonds is 2. The van der Waals surface area contributed by atoms with Crippen LogP contribution < -0.4 is 16.2 Å².